The number of methoxy groups -OCH3 is 1. The van der Waals surface area contributed by atoms with Crippen molar-refractivity contribution < 1.29 is 22.7 Å². The van der Waals surface area contributed by atoms with Crippen LogP contribution in [0.1, 0.15) is 31.4 Å². The molecule has 0 saturated heterocycles. The van der Waals surface area contributed by atoms with Gasteiger partial charge in [-0.25, -0.2) is 8.42 Å². The van der Waals surface area contributed by atoms with Gasteiger partial charge in [0.15, 0.2) is 0 Å². The van der Waals surface area contributed by atoms with Crippen LogP contribution in [0.5, 0.6) is 11.5 Å². The number of rotatable bonds is 10. The number of aryl methyl sites for hydroxylation is 2. The fraction of sp³-hybridized carbons (Fsp3) is 0.435. The molecule has 31 heavy (non-hydrogen) atoms. The quantitative estimate of drug-likeness (QED) is 0.602. The normalized spacial score (nSPS) is 13.2. The lowest BCUT2D eigenvalue weighted by molar-refractivity contribution is -0.123. The number of anilines is 1. The van der Waals surface area contributed by atoms with Gasteiger partial charge in [0.05, 0.1) is 25.1 Å². The number of nitrogens with one attached hydrogen (secondary N) is 1. The third kappa shape index (κ3) is 6.62. The van der Waals surface area contributed by atoms with Gasteiger partial charge < -0.3 is 14.8 Å². The maximum Gasteiger partial charge on any atom is 0.244 e. The molecular weight excluding hydrogens is 416 g/mol. The molecule has 2 aromatic rings. The lowest BCUT2D eigenvalue weighted by Crippen LogP contribution is -2.52. The first-order chi connectivity index (χ1) is 14.6. The molecule has 0 aliphatic rings. The third-order valence-electron chi connectivity index (χ3n) is 4.88. The van der Waals surface area contributed by atoms with E-state index in [1.165, 1.54) is 4.31 Å². The second-order valence-corrected chi connectivity index (χ2v) is 9.53. The summed E-state index contributed by atoms with van der Waals surface area (Å²) < 4.78 is 37.4. The van der Waals surface area contributed by atoms with Crippen molar-refractivity contribution in [3.63, 3.8) is 0 Å². The number of nitrogens with zero attached hydrogens (tertiary/aromatic N) is 1. The van der Waals surface area contributed by atoms with Crippen molar-refractivity contribution in [2.45, 2.75) is 46.2 Å². The Hall–Kier alpha value is -2.74. The van der Waals surface area contributed by atoms with Crippen LogP contribution in [-0.4, -0.2) is 46.4 Å². The van der Waals surface area contributed by atoms with Crippen molar-refractivity contribution in [3.05, 3.63) is 53.6 Å². The SMILES string of the molecule is CC[C@H](C(=O)N[C@@H](C)COc1ccc(OC)cc1)N(c1cc(C)ccc1C)S(C)(=O)=O. The molecule has 2 rings (SSSR count). The average Bonchev–Trinajstić information content (AvgIpc) is 2.71. The molecule has 0 spiro atoms. The number of amides is 1. The summed E-state index contributed by atoms with van der Waals surface area (Å²) in [6, 6.07) is 11.5. The van der Waals surface area contributed by atoms with Crippen LogP contribution < -0.4 is 19.1 Å². The van der Waals surface area contributed by atoms with Gasteiger partial charge in [-0.15, -0.1) is 0 Å². The number of hydrogen-bond donors (Lipinski definition) is 1. The van der Waals surface area contributed by atoms with E-state index in [-0.39, 0.29) is 18.6 Å². The Morgan fingerprint density at radius 1 is 1.10 bits per heavy atom. The van der Waals surface area contributed by atoms with Crippen molar-refractivity contribution >= 4 is 21.6 Å². The maximum absolute atomic E-state index is 13.0. The molecule has 0 saturated carbocycles. The van der Waals surface area contributed by atoms with Crippen LogP contribution in [0.4, 0.5) is 5.69 Å². The van der Waals surface area contributed by atoms with E-state index < -0.39 is 16.1 Å². The van der Waals surface area contributed by atoms with Crippen LogP contribution >= 0.6 is 0 Å². The molecule has 0 aromatic heterocycles. The van der Waals surface area contributed by atoms with Gasteiger partial charge in [0.25, 0.3) is 0 Å². The molecule has 0 heterocycles. The first kappa shape index (κ1) is 24.5. The fourth-order valence-corrected chi connectivity index (χ4v) is 4.53. The minimum atomic E-state index is -3.68. The van der Waals surface area contributed by atoms with E-state index in [9.17, 15) is 13.2 Å². The minimum absolute atomic E-state index is 0.247. The summed E-state index contributed by atoms with van der Waals surface area (Å²) in [5.74, 6) is 1.02. The summed E-state index contributed by atoms with van der Waals surface area (Å²) in [5, 5.41) is 2.89. The molecule has 7 nitrogen and oxygen atoms in total. The van der Waals surface area contributed by atoms with Crippen LogP contribution in [0.25, 0.3) is 0 Å². The van der Waals surface area contributed by atoms with Crippen LogP contribution in [0.2, 0.25) is 0 Å². The first-order valence-corrected chi connectivity index (χ1v) is 12.1. The summed E-state index contributed by atoms with van der Waals surface area (Å²) in [6.45, 7) is 7.59. The van der Waals surface area contributed by atoms with Gasteiger partial charge >= 0.3 is 0 Å². The van der Waals surface area contributed by atoms with Gasteiger partial charge in [-0.3, -0.25) is 9.10 Å². The van der Waals surface area contributed by atoms with Gasteiger partial charge in [0.1, 0.15) is 24.1 Å². The highest BCUT2D eigenvalue weighted by molar-refractivity contribution is 7.92. The zero-order chi connectivity index (χ0) is 23.2. The Balaban J connectivity index is 2.14. The predicted molar refractivity (Wildman–Crippen MR) is 123 cm³/mol. The number of ether oxygens (including phenoxy) is 2. The summed E-state index contributed by atoms with van der Waals surface area (Å²) in [6.07, 6.45) is 1.46. The molecule has 1 amide bonds. The van der Waals surface area contributed by atoms with Crippen molar-refractivity contribution in [2.75, 3.05) is 24.3 Å². The van der Waals surface area contributed by atoms with Crippen molar-refractivity contribution in [3.8, 4) is 11.5 Å². The lowest BCUT2D eigenvalue weighted by Gasteiger charge is -2.32. The molecule has 0 aliphatic carbocycles. The van der Waals surface area contributed by atoms with E-state index in [2.05, 4.69) is 5.32 Å². The number of sulfonamides is 1. The largest absolute Gasteiger partial charge is 0.497 e. The average molecular weight is 449 g/mol. The number of carbonyl (C=O) groups excluding carboxylic acids is 1. The van der Waals surface area contributed by atoms with Crippen LogP contribution in [0.15, 0.2) is 42.5 Å². The molecular formula is C23H32N2O5S. The molecule has 0 aliphatic heterocycles. The van der Waals surface area contributed by atoms with Crippen molar-refractivity contribution in [2.24, 2.45) is 0 Å². The Morgan fingerprint density at radius 3 is 2.26 bits per heavy atom. The zero-order valence-electron chi connectivity index (χ0n) is 19.0. The molecule has 2 aromatic carbocycles. The number of benzene rings is 2. The molecule has 8 heteroatoms. The summed E-state index contributed by atoms with van der Waals surface area (Å²) in [7, 11) is -2.09. The van der Waals surface area contributed by atoms with E-state index in [0.717, 1.165) is 23.1 Å². The highest BCUT2D eigenvalue weighted by Gasteiger charge is 2.33. The third-order valence-corrected chi connectivity index (χ3v) is 6.05. The van der Waals surface area contributed by atoms with Gasteiger partial charge in [0.2, 0.25) is 15.9 Å². The Kier molecular flexibility index (Phi) is 8.33. The highest BCUT2D eigenvalue weighted by Crippen LogP contribution is 2.27. The highest BCUT2D eigenvalue weighted by atomic mass is 32.2. The molecule has 1 N–H and O–H groups in total. The standard InChI is InChI=1S/C23H32N2O5S/c1-7-21(25(31(6,27)28)22-14-16(2)8-9-17(22)3)23(26)24-18(4)15-30-20-12-10-19(29-5)11-13-20/h8-14,18,21H,7,15H2,1-6H3,(H,24,26)/t18-,21+/m0/s1. The van der Waals surface area contributed by atoms with Crippen LogP contribution in [-0.2, 0) is 14.8 Å². The van der Waals surface area contributed by atoms with Crippen LogP contribution in [0.3, 0.4) is 0 Å². The number of carbonyl (C=O) groups is 1. The smallest absolute Gasteiger partial charge is 0.244 e. The topological polar surface area (TPSA) is 84.9 Å². The van der Waals surface area contributed by atoms with E-state index in [0.29, 0.717) is 17.9 Å². The molecule has 0 unspecified atom stereocenters. The Morgan fingerprint density at radius 2 is 1.71 bits per heavy atom. The summed E-state index contributed by atoms with van der Waals surface area (Å²) in [5.41, 5.74) is 2.23. The molecule has 0 bridgehead atoms. The van der Waals surface area contributed by atoms with Crippen molar-refractivity contribution in [1.29, 1.82) is 0 Å². The molecule has 0 fully saturated rings. The number of hydrogen-bond acceptors (Lipinski definition) is 5. The first-order valence-electron chi connectivity index (χ1n) is 10.2. The lowest BCUT2D eigenvalue weighted by atomic mass is 10.1. The predicted octanol–water partition coefficient (Wildman–Crippen LogP) is 3.44. The summed E-state index contributed by atoms with van der Waals surface area (Å²) >= 11 is 0. The van der Waals surface area contributed by atoms with Gasteiger partial charge in [-0.2, -0.15) is 0 Å². The van der Waals surface area contributed by atoms with E-state index >= 15 is 0 Å². The molecule has 0 radical (unpaired) electrons. The van der Waals surface area contributed by atoms with Gasteiger partial charge in [-0.05, 0) is 68.7 Å². The zero-order valence-corrected chi connectivity index (χ0v) is 19.8. The van der Waals surface area contributed by atoms with E-state index in [1.807, 2.05) is 32.9 Å². The molecule has 2 atom stereocenters. The van der Waals surface area contributed by atoms with E-state index in [4.69, 9.17) is 9.47 Å². The second-order valence-electron chi connectivity index (χ2n) is 7.67. The maximum atomic E-state index is 13.0. The molecule has 170 valence electrons. The van der Waals surface area contributed by atoms with Crippen LogP contribution in [0, 0.1) is 13.8 Å². The van der Waals surface area contributed by atoms with Gasteiger partial charge in [0, 0.05) is 0 Å². The Labute approximate surface area is 185 Å². The minimum Gasteiger partial charge on any atom is -0.497 e. The Bertz CT molecular complexity index is 990. The monoisotopic (exact) mass is 448 g/mol. The summed E-state index contributed by atoms with van der Waals surface area (Å²) in [4.78, 5) is 13.0. The van der Waals surface area contributed by atoms with Crippen molar-refractivity contribution in [1.82, 2.24) is 5.32 Å². The van der Waals surface area contributed by atoms with E-state index in [1.54, 1.807) is 44.4 Å². The fourth-order valence-electron chi connectivity index (χ4n) is 3.27. The second kappa shape index (κ2) is 10.5. The van der Waals surface area contributed by atoms with Gasteiger partial charge in [-0.1, -0.05) is 19.1 Å².